The molecule has 0 aliphatic carbocycles. The Hall–Kier alpha value is -1.47. The van der Waals surface area contributed by atoms with Gasteiger partial charge in [0.15, 0.2) is 0 Å². The van der Waals surface area contributed by atoms with Gasteiger partial charge < -0.3 is 10.1 Å². The average molecular weight is 358 g/mol. The predicted molar refractivity (Wildman–Crippen MR) is 100 cm³/mol. The van der Waals surface area contributed by atoms with E-state index in [0.717, 1.165) is 39.3 Å². The zero-order valence-electron chi connectivity index (χ0n) is 15.6. The molecular formula is C20H30N4O2. The second kappa shape index (κ2) is 8.05. The summed E-state index contributed by atoms with van der Waals surface area (Å²) in [6.45, 7) is 6.45. The molecule has 3 heterocycles. The van der Waals surface area contributed by atoms with Crippen LogP contribution in [0.1, 0.15) is 30.4 Å². The summed E-state index contributed by atoms with van der Waals surface area (Å²) in [6, 6.07) is 9.30. The van der Waals surface area contributed by atoms with Crippen molar-refractivity contribution in [2.75, 3.05) is 32.8 Å². The van der Waals surface area contributed by atoms with E-state index >= 15 is 0 Å². The SMILES string of the molecule is Cc1ccc(C[C@H]2CCCN2C2NC(=O)CC(N3CCOCC3)N2)cc1. The molecule has 0 aromatic heterocycles. The number of likely N-dealkylation sites (tertiary alicyclic amines) is 1. The highest BCUT2D eigenvalue weighted by Gasteiger charge is 2.37. The van der Waals surface area contributed by atoms with Gasteiger partial charge in [0.05, 0.1) is 25.8 Å². The molecule has 3 fully saturated rings. The van der Waals surface area contributed by atoms with Crippen molar-refractivity contribution in [3.63, 3.8) is 0 Å². The van der Waals surface area contributed by atoms with Crippen molar-refractivity contribution >= 4 is 5.91 Å². The van der Waals surface area contributed by atoms with Crippen LogP contribution >= 0.6 is 0 Å². The fraction of sp³-hybridized carbons (Fsp3) is 0.650. The van der Waals surface area contributed by atoms with Crippen molar-refractivity contribution in [3.8, 4) is 0 Å². The van der Waals surface area contributed by atoms with Crippen LogP contribution in [0.3, 0.4) is 0 Å². The number of aryl methyl sites for hydroxylation is 1. The summed E-state index contributed by atoms with van der Waals surface area (Å²) in [5, 5.41) is 6.85. The van der Waals surface area contributed by atoms with Crippen LogP contribution in [-0.4, -0.2) is 67.1 Å². The van der Waals surface area contributed by atoms with Gasteiger partial charge >= 0.3 is 0 Å². The van der Waals surface area contributed by atoms with Crippen molar-refractivity contribution < 1.29 is 9.53 Å². The number of rotatable bonds is 4. The highest BCUT2D eigenvalue weighted by Crippen LogP contribution is 2.24. The topological polar surface area (TPSA) is 56.8 Å². The van der Waals surface area contributed by atoms with E-state index in [4.69, 9.17) is 4.74 Å². The Kier molecular flexibility index (Phi) is 5.55. The van der Waals surface area contributed by atoms with E-state index in [1.54, 1.807) is 0 Å². The molecule has 0 spiro atoms. The first-order valence-electron chi connectivity index (χ1n) is 9.87. The summed E-state index contributed by atoms with van der Waals surface area (Å²) >= 11 is 0. The normalized spacial score (nSPS) is 31.1. The van der Waals surface area contributed by atoms with Crippen LogP contribution in [0.2, 0.25) is 0 Å². The van der Waals surface area contributed by atoms with Crippen molar-refractivity contribution in [3.05, 3.63) is 35.4 Å². The highest BCUT2D eigenvalue weighted by molar-refractivity contribution is 5.77. The third-order valence-corrected chi connectivity index (χ3v) is 5.86. The largest absolute Gasteiger partial charge is 0.379 e. The summed E-state index contributed by atoms with van der Waals surface area (Å²) < 4.78 is 5.46. The quantitative estimate of drug-likeness (QED) is 0.843. The summed E-state index contributed by atoms with van der Waals surface area (Å²) in [7, 11) is 0. The van der Waals surface area contributed by atoms with Crippen LogP contribution in [0.15, 0.2) is 24.3 Å². The molecule has 1 aromatic rings. The molecule has 6 nitrogen and oxygen atoms in total. The maximum Gasteiger partial charge on any atom is 0.225 e. The Bertz CT molecular complexity index is 615. The van der Waals surface area contributed by atoms with Crippen molar-refractivity contribution in [2.24, 2.45) is 0 Å². The van der Waals surface area contributed by atoms with Crippen LogP contribution < -0.4 is 10.6 Å². The molecule has 3 aliphatic rings. The average Bonchev–Trinajstić information content (AvgIpc) is 3.12. The predicted octanol–water partition coefficient (Wildman–Crippen LogP) is 1.05. The lowest BCUT2D eigenvalue weighted by atomic mass is 10.0. The molecule has 6 heteroatoms. The first-order valence-corrected chi connectivity index (χ1v) is 9.87. The van der Waals surface area contributed by atoms with E-state index < -0.39 is 0 Å². The number of ether oxygens (including phenoxy) is 1. The summed E-state index contributed by atoms with van der Waals surface area (Å²) in [4.78, 5) is 17.1. The molecule has 2 N–H and O–H groups in total. The lowest BCUT2D eigenvalue weighted by molar-refractivity contribution is -0.131. The van der Waals surface area contributed by atoms with E-state index in [9.17, 15) is 4.79 Å². The maximum atomic E-state index is 12.4. The fourth-order valence-electron chi connectivity index (χ4n) is 4.39. The Balaban J connectivity index is 1.42. The number of amides is 1. The van der Waals surface area contributed by atoms with Crippen LogP contribution in [0.5, 0.6) is 0 Å². The zero-order chi connectivity index (χ0) is 17.9. The highest BCUT2D eigenvalue weighted by atomic mass is 16.5. The smallest absolute Gasteiger partial charge is 0.225 e. The molecule has 3 atom stereocenters. The van der Waals surface area contributed by atoms with E-state index in [2.05, 4.69) is 51.6 Å². The Morgan fingerprint density at radius 2 is 1.92 bits per heavy atom. The van der Waals surface area contributed by atoms with Crippen molar-refractivity contribution in [1.82, 2.24) is 20.4 Å². The molecule has 1 amide bonds. The number of carbonyl (C=O) groups excluding carboxylic acids is 1. The van der Waals surface area contributed by atoms with Gasteiger partial charge in [-0.25, -0.2) is 0 Å². The molecule has 2 unspecified atom stereocenters. The molecule has 4 rings (SSSR count). The monoisotopic (exact) mass is 358 g/mol. The molecule has 142 valence electrons. The maximum absolute atomic E-state index is 12.4. The summed E-state index contributed by atoms with van der Waals surface area (Å²) in [5.41, 5.74) is 2.67. The van der Waals surface area contributed by atoms with Gasteiger partial charge in [-0.05, 0) is 31.7 Å². The second-order valence-corrected chi connectivity index (χ2v) is 7.73. The number of morpholine rings is 1. The van der Waals surface area contributed by atoms with Gasteiger partial charge in [-0.1, -0.05) is 29.8 Å². The molecule has 0 radical (unpaired) electrons. The fourth-order valence-corrected chi connectivity index (χ4v) is 4.39. The van der Waals surface area contributed by atoms with E-state index in [1.165, 1.54) is 24.0 Å². The van der Waals surface area contributed by atoms with Crippen LogP contribution in [0, 0.1) is 6.92 Å². The van der Waals surface area contributed by atoms with Gasteiger partial charge in [-0.15, -0.1) is 0 Å². The molecule has 3 saturated heterocycles. The minimum Gasteiger partial charge on any atom is -0.379 e. The number of nitrogens with one attached hydrogen (secondary N) is 2. The lowest BCUT2D eigenvalue weighted by Crippen LogP contribution is -2.68. The van der Waals surface area contributed by atoms with E-state index in [0.29, 0.717) is 12.5 Å². The lowest BCUT2D eigenvalue weighted by Gasteiger charge is -2.44. The number of benzene rings is 1. The number of carbonyl (C=O) groups is 1. The van der Waals surface area contributed by atoms with Gasteiger partial charge in [0.2, 0.25) is 5.91 Å². The zero-order valence-corrected chi connectivity index (χ0v) is 15.6. The molecule has 0 saturated carbocycles. The summed E-state index contributed by atoms with van der Waals surface area (Å²) in [6.07, 6.45) is 3.97. The first-order chi connectivity index (χ1) is 12.7. The van der Waals surface area contributed by atoms with Gasteiger partial charge in [0.25, 0.3) is 0 Å². The number of nitrogens with zero attached hydrogens (tertiary/aromatic N) is 2. The third-order valence-electron chi connectivity index (χ3n) is 5.86. The third kappa shape index (κ3) is 4.09. The summed E-state index contributed by atoms with van der Waals surface area (Å²) in [5.74, 6) is 0.145. The molecule has 3 aliphatic heterocycles. The van der Waals surface area contributed by atoms with Crippen molar-refractivity contribution in [2.45, 2.75) is 51.1 Å². The van der Waals surface area contributed by atoms with Gasteiger partial charge in [-0.2, -0.15) is 0 Å². The van der Waals surface area contributed by atoms with Crippen molar-refractivity contribution in [1.29, 1.82) is 0 Å². The first kappa shape index (κ1) is 17.9. The van der Waals surface area contributed by atoms with Crippen LogP contribution in [0.25, 0.3) is 0 Å². The number of hydrogen-bond donors (Lipinski definition) is 2. The second-order valence-electron chi connectivity index (χ2n) is 7.73. The van der Waals surface area contributed by atoms with E-state index in [1.807, 2.05) is 0 Å². The molecular weight excluding hydrogens is 328 g/mol. The number of hydrogen-bond acceptors (Lipinski definition) is 5. The Labute approximate surface area is 155 Å². The van der Waals surface area contributed by atoms with Gasteiger partial charge in [0, 0.05) is 25.7 Å². The minimum atomic E-state index is -0.0676. The van der Waals surface area contributed by atoms with Gasteiger partial charge in [-0.3, -0.25) is 19.9 Å². The Morgan fingerprint density at radius 3 is 2.69 bits per heavy atom. The van der Waals surface area contributed by atoms with Gasteiger partial charge in [0.1, 0.15) is 6.29 Å². The van der Waals surface area contributed by atoms with E-state index in [-0.39, 0.29) is 18.4 Å². The molecule has 26 heavy (non-hydrogen) atoms. The van der Waals surface area contributed by atoms with Crippen LogP contribution in [-0.2, 0) is 16.0 Å². The Morgan fingerprint density at radius 1 is 1.15 bits per heavy atom. The molecule has 1 aromatic carbocycles. The standard InChI is InChI=1S/C20H30N4O2/c1-15-4-6-16(7-5-15)13-17-3-2-8-24(17)20-21-18(14-19(25)22-20)23-9-11-26-12-10-23/h4-7,17-18,20-21H,2-3,8-14H2,1H3,(H,22,25)/t17-,18?,20?/m1/s1. The molecule has 0 bridgehead atoms. The minimum absolute atomic E-state index is 0.0676. The van der Waals surface area contributed by atoms with Crippen LogP contribution in [0.4, 0.5) is 0 Å².